The summed E-state index contributed by atoms with van der Waals surface area (Å²) in [5.41, 5.74) is 0. The van der Waals surface area contributed by atoms with Crippen LogP contribution in [0.15, 0.2) is 22.8 Å². The lowest BCUT2D eigenvalue weighted by molar-refractivity contribution is 0.00428. The summed E-state index contributed by atoms with van der Waals surface area (Å²) in [5.74, 6) is 1.98. The van der Waals surface area contributed by atoms with E-state index in [0.29, 0.717) is 31.6 Å². The third-order valence-electron chi connectivity index (χ3n) is 2.81. The van der Waals surface area contributed by atoms with Crippen molar-refractivity contribution in [1.29, 1.82) is 0 Å². The molecule has 0 saturated carbocycles. The van der Waals surface area contributed by atoms with Crippen LogP contribution in [0.4, 0.5) is 0 Å². The fraction of sp³-hybridized carbons (Fsp3) is 0.750. The third kappa shape index (κ3) is 7.68. The first-order valence-corrected chi connectivity index (χ1v) is 7.48. The smallest absolute Gasteiger partial charge is 0.117 e. The lowest BCUT2D eigenvalue weighted by Crippen LogP contribution is -2.36. The van der Waals surface area contributed by atoms with Gasteiger partial charge < -0.3 is 14.3 Å². The van der Waals surface area contributed by atoms with E-state index in [-0.39, 0.29) is 0 Å². The predicted molar refractivity (Wildman–Crippen MR) is 80.5 cm³/mol. The summed E-state index contributed by atoms with van der Waals surface area (Å²) >= 11 is 0. The van der Waals surface area contributed by atoms with Gasteiger partial charge in [0.25, 0.3) is 0 Å². The number of hydrogen-bond donors (Lipinski definition) is 1. The van der Waals surface area contributed by atoms with E-state index >= 15 is 0 Å². The zero-order valence-electron chi connectivity index (χ0n) is 13.2. The fourth-order valence-electron chi connectivity index (χ4n) is 2.13. The van der Waals surface area contributed by atoms with E-state index in [1.807, 2.05) is 12.1 Å². The Bertz CT molecular complexity index is 336. The Balaban J connectivity index is 2.38. The first-order valence-electron chi connectivity index (χ1n) is 7.48. The topological polar surface area (TPSA) is 45.8 Å². The molecule has 1 unspecified atom stereocenters. The van der Waals surface area contributed by atoms with E-state index in [1.54, 1.807) is 6.26 Å². The van der Waals surface area contributed by atoms with Crippen molar-refractivity contribution in [3.63, 3.8) is 0 Å². The average Bonchev–Trinajstić information content (AvgIpc) is 2.80. The molecule has 1 heterocycles. The van der Waals surface area contributed by atoms with Crippen LogP contribution >= 0.6 is 0 Å². The second kappa shape index (κ2) is 9.16. The molecule has 1 rings (SSSR count). The van der Waals surface area contributed by atoms with Crippen LogP contribution in [0.1, 0.15) is 33.5 Å². The van der Waals surface area contributed by atoms with E-state index in [1.165, 1.54) is 0 Å². The molecule has 4 nitrogen and oxygen atoms in total. The number of hydrogen-bond acceptors (Lipinski definition) is 4. The van der Waals surface area contributed by atoms with E-state index in [2.05, 4.69) is 32.6 Å². The van der Waals surface area contributed by atoms with Gasteiger partial charge in [-0.3, -0.25) is 4.90 Å². The Hall–Kier alpha value is -0.840. The van der Waals surface area contributed by atoms with Crippen LogP contribution in [0, 0.1) is 11.8 Å². The maximum absolute atomic E-state index is 10.1. The molecule has 20 heavy (non-hydrogen) atoms. The number of furan rings is 1. The molecule has 0 spiro atoms. The number of ether oxygens (including phenoxy) is 1. The van der Waals surface area contributed by atoms with E-state index in [0.717, 1.165) is 18.8 Å². The normalized spacial score (nSPS) is 13.6. The van der Waals surface area contributed by atoms with Gasteiger partial charge in [-0.1, -0.05) is 27.7 Å². The number of nitrogens with zero attached hydrogens (tertiary/aromatic N) is 1. The maximum atomic E-state index is 10.1. The molecule has 0 aliphatic rings. The molecule has 116 valence electrons. The van der Waals surface area contributed by atoms with Crippen molar-refractivity contribution in [2.45, 2.75) is 40.3 Å². The monoisotopic (exact) mass is 283 g/mol. The van der Waals surface area contributed by atoms with Gasteiger partial charge >= 0.3 is 0 Å². The Morgan fingerprint density at radius 3 is 2.45 bits per heavy atom. The molecule has 1 N–H and O–H groups in total. The molecular formula is C16H29NO3. The first-order chi connectivity index (χ1) is 9.47. The SMILES string of the molecule is CC(C)COCC(O)CN(Cc1ccco1)CC(C)C. The van der Waals surface area contributed by atoms with Crippen molar-refractivity contribution in [2.75, 3.05) is 26.3 Å². The minimum Gasteiger partial charge on any atom is -0.468 e. The Morgan fingerprint density at radius 1 is 1.15 bits per heavy atom. The van der Waals surface area contributed by atoms with Crippen molar-refractivity contribution in [2.24, 2.45) is 11.8 Å². The molecule has 0 saturated heterocycles. The number of aliphatic hydroxyl groups is 1. The quantitative estimate of drug-likeness (QED) is 0.717. The average molecular weight is 283 g/mol. The lowest BCUT2D eigenvalue weighted by Gasteiger charge is -2.26. The molecule has 0 amide bonds. The van der Waals surface area contributed by atoms with Crippen LogP contribution < -0.4 is 0 Å². The summed E-state index contributed by atoms with van der Waals surface area (Å²) in [6, 6.07) is 3.86. The van der Waals surface area contributed by atoms with Crippen LogP contribution in [0.2, 0.25) is 0 Å². The highest BCUT2D eigenvalue weighted by atomic mass is 16.5. The highest BCUT2D eigenvalue weighted by Crippen LogP contribution is 2.09. The van der Waals surface area contributed by atoms with Crippen LogP contribution in [0.3, 0.4) is 0 Å². The molecule has 0 radical (unpaired) electrons. The maximum Gasteiger partial charge on any atom is 0.117 e. The van der Waals surface area contributed by atoms with Crippen LogP contribution in [-0.4, -0.2) is 42.4 Å². The summed E-state index contributed by atoms with van der Waals surface area (Å²) in [4.78, 5) is 2.22. The summed E-state index contributed by atoms with van der Waals surface area (Å²) < 4.78 is 10.9. The molecule has 1 aromatic heterocycles. The van der Waals surface area contributed by atoms with Gasteiger partial charge in [-0.15, -0.1) is 0 Å². The lowest BCUT2D eigenvalue weighted by atomic mass is 10.2. The van der Waals surface area contributed by atoms with E-state index < -0.39 is 6.10 Å². The van der Waals surface area contributed by atoms with Gasteiger partial charge in [0.2, 0.25) is 0 Å². The van der Waals surface area contributed by atoms with Gasteiger partial charge in [0, 0.05) is 19.7 Å². The molecule has 1 aromatic rings. The van der Waals surface area contributed by atoms with Crippen molar-refractivity contribution >= 4 is 0 Å². The largest absolute Gasteiger partial charge is 0.468 e. The van der Waals surface area contributed by atoms with Gasteiger partial charge in [0.05, 0.1) is 25.5 Å². The van der Waals surface area contributed by atoms with Crippen LogP contribution in [0.5, 0.6) is 0 Å². The molecule has 1 atom stereocenters. The zero-order chi connectivity index (χ0) is 15.0. The zero-order valence-corrected chi connectivity index (χ0v) is 13.2. The van der Waals surface area contributed by atoms with Crippen molar-refractivity contribution < 1.29 is 14.3 Å². The number of aliphatic hydroxyl groups excluding tert-OH is 1. The molecule has 4 heteroatoms. The third-order valence-corrected chi connectivity index (χ3v) is 2.81. The second-order valence-corrected chi connectivity index (χ2v) is 6.25. The summed E-state index contributed by atoms with van der Waals surface area (Å²) in [6.07, 6.45) is 1.23. The Labute approximate surface area is 122 Å². The van der Waals surface area contributed by atoms with Crippen LogP contribution in [0.25, 0.3) is 0 Å². The fourth-order valence-corrected chi connectivity index (χ4v) is 2.13. The van der Waals surface area contributed by atoms with Gasteiger partial charge in [-0.05, 0) is 24.0 Å². The molecule has 0 fully saturated rings. The molecular weight excluding hydrogens is 254 g/mol. The predicted octanol–water partition coefficient (Wildman–Crippen LogP) is 2.77. The van der Waals surface area contributed by atoms with Gasteiger partial charge in [0.15, 0.2) is 0 Å². The molecule has 0 aromatic carbocycles. The minimum absolute atomic E-state index is 0.394. The standard InChI is InChI=1S/C16H29NO3/c1-13(2)8-17(10-16-6-5-7-20-16)9-15(18)12-19-11-14(3)4/h5-7,13-15,18H,8-12H2,1-4H3. The molecule has 0 bridgehead atoms. The second-order valence-electron chi connectivity index (χ2n) is 6.25. The van der Waals surface area contributed by atoms with Crippen LogP contribution in [-0.2, 0) is 11.3 Å². The first kappa shape index (κ1) is 17.2. The Morgan fingerprint density at radius 2 is 1.90 bits per heavy atom. The van der Waals surface area contributed by atoms with E-state index in [9.17, 15) is 5.11 Å². The minimum atomic E-state index is -0.456. The summed E-state index contributed by atoms with van der Waals surface area (Å²) in [5, 5.41) is 10.1. The van der Waals surface area contributed by atoms with Crippen molar-refractivity contribution in [1.82, 2.24) is 4.90 Å². The summed E-state index contributed by atoms with van der Waals surface area (Å²) in [7, 11) is 0. The molecule has 0 aliphatic heterocycles. The van der Waals surface area contributed by atoms with Crippen molar-refractivity contribution in [3.8, 4) is 0 Å². The summed E-state index contributed by atoms with van der Waals surface area (Å²) in [6.45, 7) is 11.9. The van der Waals surface area contributed by atoms with Crippen molar-refractivity contribution in [3.05, 3.63) is 24.2 Å². The Kier molecular flexibility index (Phi) is 7.88. The highest BCUT2D eigenvalue weighted by Gasteiger charge is 2.15. The molecule has 0 aliphatic carbocycles. The van der Waals surface area contributed by atoms with Gasteiger partial charge in [0.1, 0.15) is 5.76 Å². The van der Waals surface area contributed by atoms with Gasteiger partial charge in [-0.25, -0.2) is 0 Å². The number of rotatable bonds is 10. The highest BCUT2D eigenvalue weighted by molar-refractivity contribution is 4.98. The van der Waals surface area contributed by atoms with Gasteiger partial charge in [-0.2, -0.15) is 0 Å². The van der Waals surface area contributed by atoms with E-state index in [4.69, 9.17) is 9.15 Å².